The minimum atomic E-state index is 0.274. The van der Waals surface area contributed by atoms with E-state index in [-0.39, 0.29) is 6.04 Å². The second-order valence-corrected chi connectivity index (χ2v) is 4.34. The molecule has 0 spiro atoms. The number of rotatable bonds is 7. The predicted octanol–water partition coefficient (Wildman–Crippen LogP) is 1.96. The van der Waals surface area contributed by atoms with Gasteiger partial charge in [-0.25, -0.2) is 0 Å². The molecular weight excluding hydrogens is 212 g/mol. The highest BCUT2D eigenvalue weighted by atomic mass is 16.5. The fourth-order valence-corrected chi connectivity index (χ4v) is 1.87. The highest BCUT2D eigenvalue weighted by molar-refractivity contribution is 5.24. The van der Waals surface area contributed by atoms with Crippen molar-refractivity contribution in [3.8, 4) is 0 Å². The summed E-state index contributed by atoms with van der Waals surface area (Å²) in [6.07, 6.45) is 0. The molecule has 3 heteroatoms. The Hall–Kier alpha value is -0.900. The van der Waals surface area contributed by atoms with Crippen molar-refractivity contribution in [2.24, 2.45) is 5.73 Å². The molecule has 1 rings (SSSR count). The topological polar surface area (TPSA) is 38.5 Å². The highest BCUT2D eigenvalue weighted by Gasteiger charge is 2.14. The van der Waals surface area contributed by atoms with Crippen molar-refractivity contribution in [2.75, 3.05) is 33.4 Å². The zero-order valence-corrected chi connectivity index (χ0v) is 11.1. The van der Waals surface area contributed by atoms with Gasteiger partial charge < -0.3 is 10.5 Å². The number of nitrogens with two attached hydrogens (primary N) is 1. The molecule has 3 nitrogen and oxygen atoms in total. The van der Waals surface area contributed by atoms with E-state index in [9.17, 15) is 0 Å². The quantitative estimate of drug-likeness (QED) is 0.736. The van der Waals surface area contributed by atoms with Gasteiger partial charge in [0.15, 0.2) is 0 Å². The third kappa shape index (κ3) is 4.46. The van der Waals surface area contributed by atoms with Crippen LogP contribution in [0.15, 0.2) is 24.3 Å². The van der Waals surface area contributed by atoms with Crippen molar-refractivity contribution in [1.82, 2.24) is 4.90 Å². The predicted molar refractivity (Wildman–Crippen MR) is 72.1 cm³/mol. The van der Waals surface area contributed by atoms with Crippen LogP contribution in [0.5, 0.6) is 0 Å². The van der Waals surface area contributed by atoms with Gasteiger partial charge in [0, 0.05) is 25.7 Å². The maximum atomic E-state index is 5.87. The summed E-state index contributed by atoms with van der Waals surface area (Å²) >= 11 is 0. The summed E-state index contributed by atoms with van der Waals surface area (Å²) in [5.74, 6) is 0. The lowest BCUT2D eigenvalue weighted by Gasteiger charge is -2.27. The van der Waals surface area contributed by atoms with Crippen LogP contribution in [0.2, 0.25) is 0 Å². The number of aryl methyl sites for hydroxylation is 1. The lowest BCUT2D eigenvalue weighted by atomic mass is 10.0. The first kappa shape index (κ1) is 14.2. The van der Waals surface area contributed by atoms with Crippen LogP contribution < -0.4 is 5.73 Å². The van der Waals surface area contributed by atoms with E-state index in [4.69, 9.17) is 10.5 Å². The van der Waals surface area contributed by atoms with E-state index < -0.39 is 0 Å². The van der Waals surface area contributed by atoms with E-state index in [2.05, 4.69) is 43.1 Å². The van der Waals surface area contributed by atoms with Crippen LogP contribution >= 0.6 is 0 Å². The van der Waals surface area contributed by atoms with Crippen LogP contribution in [0.4, 0.5) is 0 Å². The first-order valence-electron chi connectivity index (χ1n) is 6.23. The Labute approximate surface area is 105 Å². The zero-order chi connectivity index (χ0) is 12.7. The van der Waals surface area contributed by atoms with E-state index in [0.29, 0.717) is 6.54 Å². The van der Waals surface area contributed by atoms with Crippen LogP contribution in [0.3, 0.4) is 0 Å². The SMILES string of the molecule is CCOCCN(C)C(CN)c1ccc(C)cc1. The van der Waals surface area contributed by atoms with Gasteiger partial charge in [0.05, 0.1) is 6.61 Å². The average molecular weight is 236 g/mol. The Morgan fingerprint density at radius 2 is 1.94 bits per heavy atom. The largest absolute Gasteiger partial charge is 0.380 e. The molecule has 1 aromatic carbocycles. The lowest BCUT2D eigenvalue weighted by molar-refractivity contribution is 0.108. The van der Waals surface area contributed by atoms with E-state index in [1.165, 1.54) is 11.1 Å². The van der Waals surface area contributed by atoms with Gasteiger partial charge in [-0.3, -0.25) is 4.90 Å². The molecule has 17 heavy (non-hydrogen) atoms. The summed E-state index contributed by atoms with van der Waals surface area (Å²) in [5, 5.41) is 0. The van der Waals surface area contributed by atoms with Gasteiger partial charge in [0.2, 0.25) is 0 Å². The van der Waals surface area contributed by atoms with Crippen LogP contribution in [0, 0.1) is 6.92 Å². The van der Waals surface area contributed by atoms with Crippen LogP contribution in [-0.2, 0) is 4.74 Å². The standard InChI is InChI=1S/C14H24N2O/c1-4-17-10-9-16(3)14(11-15)13-7-5-12(2)6-8-13/h5-8,14H,4,9-11,15H2,1-3H3. The number of nitrogens with zero attached hydrogens (tertiary/aromatic N) is 1. The maximum Gasteiger partial charge on any atom is 0.0593 e. The number of hydrogen-bond donors (Lipinski definition) is 1. The molecule has 0 fully saturated rings. The molecule has 1 aromatic rings. The highest BCUT2D eigenvalue weighted by Crippen LogP contribution is 2.18. The molecular formula is C14H24N2O. The lowest BCUT2D eigenvalue weighted by Crippen LogP contribution is -2.33. The van der Waals surface area contributed by atoms with Gasteiger partial charge >= 0.3 is 0 Å². The molecule has 0 radical (unpaired) electrons. The molecule has 0 aliphatic rings. The number of likely N-dealkylation sites (N-methyl/N-ethyl adjacent to an activating group) is 1. The van der Waals surface area contributed by atoms with Gasteiger partial charge in [-0.1, -0.05) is 29.8 Å². The number of hydrogen-bond acceptors (Lipinski definition) is 3. The third-order valence-corrected chi connectivity index (χ3v) is 3.01. The summed E-state index contributed by atoms with van der Waals surface area (Å²) in [7, 11) is 2.09. The average Bonchev–Trinajstić information content (AvgIpc) is 2.33. The fraction of sp³-hybridized carbons (Fsp3) is 0.571. The van der Waals surface area contributed by atoms with E-state index >= 15 is 0 Å². The Bertz CT molecular complexity index is 311. The fourth-order valence-electron chi connectivity index (χ4n) is 1.87. The van der Waals surface area contributed by atoms with Gasteiger partial charge in [-0.2, -0.15) is 0 Å². The Balaban J connectivity index is 2.60. The maximum absolute atomic E-state index is 5.87. The van der Waals surface area contributed by atoms with E-state index in [1.54, 1.807) is 0 Å². The van der Waals surface area contributed by atoms with Crippen molar-refractivity contribution in [3.05, 3.63) is 35.4 Å². The molecule has 0 amide bonds. The summed E-state index contributed by atoms with van der Waals surface area (Å²) in [6.45, 7) is 7.18. The van der Waals surface area contributed by atoms with Crippen molar-refractivity contribution < 1.29 is 4.74 Å². The molecule has 2 N–H and O–H groups in total. The second kappa shape index (κ2) is 7.43. The van der Waals surface area contributed by atoms with Crippen molar-refractivity contribution in [3.63, 3.8) is 0 Å². The molecule has 0 aliphatic heterocycles. The summed E-state index contributed by atoms with van der Waals surface area (Å²) in [4.78, 5) is 2.25. The monoisotopic (exact) mass is 236 g/mol. The van der Waals surface area contributed by atoms with Gasteiger partial charge in [0.25, 0.3) is 0 Å². The van der Waals surface area contributed by atoms with Crippen LogP contribution in [-0.4, -0.2) is 38.3 Å². The zero-order valence-electron chi connectivity index (χ0n) is 11.1. The Morgan fingerprint density at radius 1 is 1.29 bits per heavy atom. The number of benzene rings is 1. The normalized spacial score (nSPS) is 13.0. The first-order valence-corrected chi connectivity index (χ1v) is 6.23. The summed E-state index contributed by atoms with van der Waals surface area (Å²) < 4.78 is 5.37. The molecule has 1 unspecified atom stereocenters. The van der Waals surface area contributed by atoms with Gasteiger partial charge in [0.1, 0.15) is 0 Å². The van der Waals surface area contributed by atoms with Crippen molar-refractivity contribution >= 4 is 0 Å². The second-order valence-electron chi connectivity index (χ2n) is 4.34. The van der Waals surface area contributed by atoms with Crippen LogP contribution in [0.25, 0.3) is 0 Å². The molecule has 0 heterocycles. The van der Waals surface area contributed by atoms with Gasteiger partial charge in [-0.05, 0) is 26.5 Å². The molecule has 0 bridgehead atoms. The minimum absolute atomic E-state index is 0.274. The van der Waals surface area contributed by atoms with Crippen molar-refractivity contribution in [2.45, 2.75) is 19.9 Å². The third-order valence-electron chi connectivity index (χ3n) is 3.01. The summed E-state index contributed by atoms with van der Waals surface area (Å²) in [5.41, 5.74) is 8.42. The Morgan fingerprint density at radius 3 is 2.47 bits per heavy atom. The van der Waals surface area contributed by atoms with E-state index in [0.717, 1.165) is 19.8 Å². The molecule has 0 aliphatic carbocycles. The van der Waals surface area contributed by atoms with Gasteiger partial charge in [-0.15, -0.1) is 0 Å². The van der Waals surface area contributed by atoms with E-state index in [1.807, 2.05) is 6.92 Å². The minimum Gasteiger partial charge on any atom is -0.380 e. The molecule has 0 saturated heterocycles. The molecule has 96 valence electrons. The molecule has 0 saturated carbocycles. The number of ether oxygens (including phenoxy) is 1. The molecule has 0 aromatic heterocycles. The molecule has 1 atom stereocenters. The van der Waals surface area contributed by atoms with Crippen molar-refractivity contribution in [1.29, 1.82) is 0 Å². The Kier molecular flexibility index (Phi) is 6.19. The summed E-state index contributed by atoms with van der Waals surface area (Å²) in [6, 6.07) is 8.85. The first-order chi connectivity index (χ1) is 8.19. The smallest absolute Gasteiger partial charge is 0.0593 e. The van der Waals surface area contributed by atoms with Crippen LogP contribution in [0.1, 0.15) is 24.1 Å².